The minimum absolute atomic E-state index is 0. The number of halogens is 2. The van der Waals surface area contributed by atoms with Gasteiger partial charge in [0.2, 0.25) is 0 Å². The normalized spacial score (nSPS) is 12.0. The van der Waals surface area contributed by atoms with E-state index >= 15 is 0 Å². The number of guanidine groups is 1. The van der Waals surface area contributed by atoms with Crippen LogP contribution < -0.4 is 15.4 Å². The molecule has 1 atom stereocenters. The highest BCUT2D eigenvalue weighted by atomic mass is 127. The first-order valence-electron chi connectivity index (χ1n) is 9.10. The molecular weight excluding hydrogens is 484 g/mol. The summed E-state index contributed by atoms with van der Waals surface area (Å²) in [6, 6.07) is 16.2. The molecule has 1 aromatic heterocycles. The Balaban J connectivity index is 0.00000300. The van der Waals surface area contributed by atoms with E-state index in [0.29, 0.717) is 24.8 Å². The van der Waals surface area contributed by atoms with Gasteiger partial charge in [0, 0.05) is 32.1 Å². The standard InChI is InChI=1S/C21H24FN5O.HI/c1-16(28-20-6-3-5-18(22)13-20)14-24-21(23-2)25-15-17-7-9-19(10-8-17)27-12-4-11-26-27;/h3-13,16H,14-15H2,1-2H3,(H2,23,24,25);1H. The maximum atomic E-state index is 13.2. The van der Waals surface area contributed by atoms with Crippen molar-refractivity contribution >= 4 is 29.9 Å². The number of aromatic nitrogens is 2. The van der Waals surface area contributed by atoms with Crippen LogP contribution in [0.25, 0.3) is 5.69 Å². The highest BCUT2D eigenvalue weighted by Gasteiger charge is 2.07. The van der Waals surface area contributed by atoms with Crippen molar-refractivity contribution in [1.29, 1.82) is 0 Å². The van der Waals surface area contributed by atoms with Gasteiger partial charge in [-0.05, 0) is 42.8 Å². The maximum absolute atomic E-state index is 13.2. The number of benzene rings is 2. The monoisotopic (exact) mass is 509 g/mol. The molecule has 0 bridgehead atoms. The number of aliphatic imine (C=N–C) groups is 1. The Morgan fingerprint density at radius 3 is 2.62 bits per heavy atom. The lowest BCUT2D eigenvalue weighted by Crippen LogP contribution is -2.41. The fourth-order valence-electron chi connectivity index (χ4n) is 2.65. The topological polar surface area (TPSA) is 63.5 Å². The van der Waals surface area contributed by atoms with Crippen LogP contribution >= 0.6 is 24.0 Å². The SMILES string of the molecule is CN=C(NCc1ccc(-n2cccn2)cc1)NCC(C)Oc1cccc(F)c1.I. The number of nitrogens with zero attached hydrogens (tertiary/aromatic N) is 3. The Morgan fingerprint density at radius 2 is 1.97 bits per heavy atom. The summed E-state index contributed by atoms with van der Waals surface area (Å²) in [6.07, 6.45) is 3.52. The van der Waals surface area contributed by atoms with Crippen LogP contribution in [0.15, 0.2) is 72.0 Å². The number of hydrogen-bond donors (Lipinski definition) is 2. The number of nitrogens with one attached hydrogen (secondary N) is 2. The van der Waals surface area contributed by atoms with E-state index in [2.05, 4.69) is 20.7 Å². The lowest BCUT2D eigenvalue weighted by Gasteiger charge is -2.18. The van der Waals surface area contributed by atoms with Crippen LogP contribution in [0.5, 0.6) is 5.75 Å². The molecule has 0 aliphatic carbocycles. The van der Waals surface area contributed by atoms with Crippen molar-refractivity contribution in [1.82, 2.24) is 20.4 Å². The minimum Gasteiger partial charge on any atom is -0.489 e. The molecule has 0 saturated carbocycles. The van der Waals surface area contributed by atoms with Crippen LogP contribution in [0.3, 0.4) is 0 Å². The van der Waals surface area contributed by atoms with E-state index in [0.717, 1.165) is 11.3 Å². The molecule has 0 amide bonds. The molecule has 0 aliphatic rings. The third kappa shape index (κ3) is 7.04. The van der Waals surface area contributed by atoms with Crippen LogP contribution in [-0.2, 0) is 6.54 Å². The van der Waals surface area contributed by atoms with Crippen molar-refractivity contribution in [3.05, 3.63) is 78.4 Å². The first-order chi connectivity index (χ1) is 13.6. The van der Waals surface area contributed by atoms with Gasteiger partial charge in [-0.25, -0.2) is 9.07 Å². The van der Waals surface area contributed by atoms with Gasteiger partial charge in [0.05, 0.1) is 12.2 Å². The van der Waals surface area contributed by atoms with Gasteiger partial charge in [-0.2, -0.15) is 5.10 Å². The maximum Gasteiger partial charge on any atom is 0.191 e. The van der Waals surface area contributed by atoms with E-state index in [1.807, 2.05) is 48.1 Å². The molecule has 154 valence electrons. The number of ether oxygens (including phenoxy) is 1. The molecular formula is C21H25FIN5O. The summed E-state index contributed by atoms with van der Waals surface area (Å²) in [7, 11) is 1.72. The zero-order valence-electron chi connectivity index (χ0n) is 16.4. The lowest BCUT2D eigenvalue weighted by molar-refractivity contribution is 0.223. The Hall–Kier alpha value is -2.62. The zero-order valence-corrected chi connectivity index (χ0v) is 18.7. The van der Waals surface area contributed by atoms with E-state index in [9.17, 15) is 4.39 Å². The van der Waals surface area contributed by atoms with Crippen LogP contribution in [-0.4, -0.2) is 35.4 Å². The molecule has 0 spiro atoms. The fraction of sp³-hybridized carbons (Fsp3) is 0.238. The van der Waals surface area contributed by atoms with Crippen molar-refractivity contribution in [3.8, 4) is 11.4 Å². The Labute approximate surface area is 187 Å². The molecule has 6 nitrogen and oxygen atoms in total. The Morgan fingerprint density at radius 1 is 1.17 bits per heavy atom. The lowest BCUT2D eigenvalue weighted by atomic mass is 10.2. The minimum atomic E-state index is -0.311. The van der Waals surface area contributed by atoms with Gasteiger partial charge in [0.1, 0.15) is 17.7 Å². The van der Waals surface area contributed by atoms with E-state index in [4.69, 9.17) is 4.74 Å². The van der Waals surface area contributed by atoms with Gasteiger partial charge < -0.3 is 15.4 Å². The fourth-order valence-corrected chi connectivity index (χ4v) is 2.65. The summed E-state index contributed by atoms with van der Waals surface area (Å²) in [5, 5.41) is 10.7. The highest BCUT2D eigenvalue weighted by molar-refractivity contribution is 14.0. The highest BCUT2D eigenvalue weighted by Crippen LogP contribution is 2.13. The van der Waals surface area contributed by atoms with Gasteiger partial charge in [-0.3, -0.25) is 4.99 Å². The van der Waals surface area contributed by atoms with E-state index in [1.165, 1.54) is 12.1 Å². The predicted octanol–water partition coefficient (Wildman–Crippen LogP) is 3.76. The quantitative estimate of drug-likeness (QED) is 0.289. The largest absolute Gasteiger partial charge is 0.489 e. The summed E-state index contributed by atoms with van der Waals surface area (Å²) in [6.45, 7) is 3.09. The molecule has 29 heavy (non-hydrogen) atoms. The molecule has 0 fully saturated rings. The van der Waals surface area contributed by atoms with Gasteiger partial charge in [0.25, 0.3) is 0 Å². The Bertz CT molecular complexity index is 900. The second kappa shape index (κ2) is 11.4. The third-order valence-electron chi connectivity index (χ3n) is 4.08. The molecule has 2 aromatic carbocycles. The molecule has 0 radical (unpaired) electrons. The molecule has 3 rings (SSSR count). The third-order valence-corrected chi connectivity index (χ3v) is 4.08. The van der Waals surface area contributed by atoms with E-state index in [-0.39, 0.29) is 35.9 Å². The number of hydrogen-bond acceptors (Lipinski definition) is 3. The number of rotatable bonds is 7. The van der Waals surface area contributed by atoms with Crippen molar-refractivity contribution in [2.75, 3.05) is 13.6 Å². The first kappa shape index (κ1) is 22.7. The predicted molar refractivity (Wildman–Crippen MR) is 124 cm³/mol. The van der Waals surface area contributed by atoms with Crippen LogP contribution in [0.2, 0.25) is 0 Å². The molecule has 2 N–H and O–H groups in total. The zero-order chi connectivity index (χ0) is 19.8. The summed E-state index contributed by atoms with van der Waals surface area (Å²) < 4.78 is 20.7. The smallest absolute Gasteiger partial charge is 0.191 e. The summed E-state index contributed by atoms with van der Waals surface area (Å²) >= 11 is 0. The summed E-state index contributed by atoms with van der Waals surface area (Å²) in [4.78, 5) is 4.22. The van der Waals surface area contributed by atoms with Gasteiger partial charge in [-0.1, -0.05) is 18.2 Å². The molecule has 0 saturated heterocycles. The average Bonchev–Trinajstić information content (AvgIpc) is 3.23. The van der Waals surface area contributed by atoms with E-state index in [1.54, 1.807) is 25.4 Å². The van der Waals surface area contributed by atoms with Crippen LogP contribution in [0.4, 0.5) is 4.39 Å². The molecule has 0 aliphatic heterocycles. The van der Waals surface area contributed by atoms with Crippen LogP contribution in [0, 0.1) is 5.82 Å². The van der Waals surface area contributed by atoms with Crippen molar-refractivity contribution in [2.24, 2.45) is 4.99 Å². The summed E-state index contributed by atoms with van der Waals surface area (Å²) in [5.41, 5.74) is 2.14. The summed E-state index contributed by atoms with van der Waals surface area (Å²) in [5.74, 6) is 0.870. The van der Waals surface area contributed by atoms with E-state index < -0.39 is 0 Å². The van der Waals surface area contributed by atoms with Gasteiger partial charge in [-0.15, -0.1) is 24.0 Å². The van der Waals surface area contributed by atoms with Crippen LogP contribution in [0.1, 0.15) is 12.5 Å². The van der Waals surface area contributed by atoms with Gasteiger partial charge >= 0.3 is 0 Å². The molecule has 8 heteroatoms. The Kier molecular flexibility index (Phi) is 8.91. The van der Waals surface area contributed by atoms with Gasteiger partial charge in [0.15, 0.2) is 5.96 Å². The molecule has 1 heterocycles. The molecule has 3 aromatic rings. The van der Waals surface area contributed by atoms with Crippen molar-refractivity contribution in [2.45, 2.75) is 19.6 Å². The first-order valence-corrected chi connectivity index (χ1v) is 9.10. The molecule has 1 unspecified atom stereocenters. The van der Waals surface area contributed by atoms with Crippen molar-refractivity contribution in [3.63, 3.8) is 0 Å². The van der Waals surface area contributed by atoms with Crippen molar-refractivity contribution < 1.29 is 9.13 Å². The average molecular weight is 509 g/mol. The second-order valence-corrected chi connectivity index (χ2v) is 6.31. The second-order valence-electron chi connectivity index (χ2n) is 6.31.